The Morgan fingerprint density at radius 1 is 1.16 bits per heavy atom. The van der Waals surface area contributed by atoms with Crippen molar-refractivity contribution in [3.63, 3.8) is 0 Å². The second kappa shape index (κ2) is 5.87. The highest BCUT2D eigenvalue weighted by molar-refractivity contribution is 5.97. The molecule has 100 valence electrons. The molecule has 0 unspecified atom stereocenters. The van der Waals surface area contributed by atoms with Crippen molar-refractivity contribution in [2.45, 2.75) is 40.0 Å². The molecule has 0 bridgehead atoms. The molecule has 1 heterocycles. The van der Waals surface area contributed by atoms with Gasteiger partial charge >= 0.3 is 0 Å². The summed E-state index contributed by atoms with van der Waals surface area (Å²) < 4.78 is 5.76. The Balaban J connectivity index is 2.54. The molecule has 0 saturated heterocycles. The Labute approximate surface area is 114 Å². The van der Waals surface area contributed by atoms with E-state index in [4.69, 9.17) is 4.42 Å². The standard InChI is InChI=1S/C17H20O2/c1-4-9-15(18)17-14(5-2)16(12(3)19-17)13-10-7-6-8-11-13/h6-8,10-11H,4-5,9H2,1-3H3. The van der Waals surface area contributed by atoms with Crippen LogP contribution in [0, 0.1) is 6.92 Å². The van der Waals surface area contributed by atoms with Crippen LogP contribution in [0.5, 0.6) is 0 Å². The van der Waals surface area contributed by atoms with Gasteiger partial charge in [-0.15, -0.1) is 0 Å². The van der Waals surface area contributed by atoms with E-state index in [1.54, 1.807) is 0 Å². The van der Waals surface area contributed by atoms with Crippen molar-refractivity contribution in [3.05, 3.63) is 47.4 Å². The van der Waals surface area contributed by atoms with E-state index in [2.05, 4.69) is 19.1 Å². The van der Waals surface area contributed by atoms with Crippen LogP contribution in [0.2, 0.25) is 0 Å². The lowest BCUT2D eigenvalue weighted by atomic mass is 9.97. The number of aryl methyl sites for hydroxylation is 1. The van der Waals surface area contributed by atoms with E-state index < -0.39 is 0 Å². The third-order valence-electron chi connectivity index (χ3n) is 3.33. The summed E-state index contributed by atoms with van der Waals surface area (Å²) in [4.78, 5) is 12.1. The molecule has 2 aromatic rings. The number of Topliss-reactive ketones (excluding diaryl/α,β-unsaturated/α-hetero) is 1. The maximum absolute atomic E-state index is 12.1. The summed E-state index contributed by atoms with van der Waals surface area (Å²) in [6, 6.07) is 10.1. The van der Waals surface area contributed by atoms with Crippen LogP contribution in [-0.2, 0) is 6.42 Å². The van der Waals surface area contributed by atoms with Gasteiger partial charge in [-0.05, 0) is 25.3 Å². The quantitative estimate of drug-likeness (QED) is 0.719. The van der Waals surface area contributed by atoms with Gasteiger partial charge in [0.05, 0.1) is 0 Å². The monoisotopic (exact) mass is 256 g/mol. The molecule has 19 heavy (non-hydrogen) atoms. The minimum Gasteiger partial charge on any atom is -0.457 e. The van der Waals surface area contributed by atoms with Crippen molar-refractivity contribution in [3.8, 4) is 11.1 Å². The first-order valence-electron chi connectivity index (χ1n) is 6.89. The average molecular weight is 256 g/mol. The van der Waals surface area contributed by atoms with Gasteiger partial charge in [0.15, 0.2) is 11.5 Å². The fourth-order valence-corrected chi connectivity index (χ4v) is 2.48. The lowest BCUT2D eigenvalue weighted by molar-refractivity contribution is 0.0952. The van der Waals surface area contributed by atoms with Crippen LogP contribution >= 0.6 is 0 Å². The normalized spacial score (nSPS) is 10.7. The summed E-state index contributed by atoms with van der Waals surface area (Å²) in [5.41, 5.74) is 3.25. The van der Waals surface area contributed by atoms with Gasteiger partial charge in [-0.3, -0.25) is 4.79 Å². The van der Waals surface area contributed by atoms with Gasteiger partial charge in [-0.25, -0.2) is 0 Å². The molecular formula is C17H20O2. The Hall–Kier alpha value is -1.83. The van der Waals surface area contributed by atoms with E-state index in [0.29, 0.717) is 12.2 Å². The highest BCUT2D eigenvalue weighted by Crippen LogP contribution is 2.33. The zero-order valence-electron chi connectivity index (χ0n) is 11.8. The fraction of sp³-hybridized carbons (Fsp3) is 0.353. The van der Waals surface area contributed by atoms with E-state index in [1.165, 1.54) is 0 Å². The molecule has 2 heteroatoms. The first kappa shape index (κ1) is 13.6. The molecule has 0 atom stereocenters. The minimum absolute atomic E-state index is 0.115. The van der Waals surface area contributed by atoms with Crippen LogP contribution in [0.4, 0.5) is 0 Å². The molecule has 0 aliphatic rings. The smallest absolute Gasteiger partial charge is 0.198 e. The molecule has 0 fully saturated rings. The second-order valence-electron chi connectivity index (χ2n) is 4.73. The van der Waals surface area contributed by atoms with Gasteiger partial charge in [0.25, 0.3) is 0 Å². The molecule has 0 aliphatic carbocycles. The SMILES string of the molecule is CCCC(=O)c1oc(C)c(-c2ccccc2)c1CC. The molecule has 0 saturated carbocycles. The zero-order valence-corrected chi connectivity index (χ0v) is 11.8. The van der Waals surface area contributed by atoms with Gasteiger partial charge in [0.2, 0.25) is 0 Å². The molecule has 1 aromatic heterocycles. The topological polar surface area (TPSA) is 30.2 Å². The second-order valence-corrected chi connectivity index (χ2v) is 4.73. The summed E-state index contributed by atoms with van der Waals surface area (Å²) >= 11 is 0. The van der Waals surface area contributed by atoms with Crippen LogP contribution in [0.15, 0.2) is 34.7 Å². The third kappa shape index (κ3) is 2.62. The maximum atomic E-state index is 12.1. The summed E-state index contributed by atoms with van der Waals surface area (Å²) in [5.74, 6) is 1.51. The first-order valence-corrected chi connectivity index (χ1v) is 6.89. The summed E-state index contributed by atoms with van der Waals surface area (Å²) in [7, 11) is 0. The molecule has 0 spiro atoms. The van der Waals surface area contributed by atoms with E-state index in [0.717, 1.165) is 35.3 Å². The lowest BCUT2D eigenvalue weighted by Crippen LogP contribution is -2.00. The van der Waals surface area contributed by atoms with Crippen LogP contribution in [0.1, 0.15) is 48.6 Å². The van der Waals surface area contributed by atoms with Crippen LogP contribution in [-0.4, -0.2) is 5.78 Å². The molecule has 1 aromatic carbocycles. The highest BCUT2D eigenvalue weighted by atomic mass is 16.3. The summed E-state index contributed by atoms with van der Waals surface area (Å²) in [6.45, 7) is 6.01. The summed E-state index contributed by atoms with van der Waals surface area (Å²) in [5, 5.41) is 0. The number of carbonyl (C=O) groups excluding carboxylic acids is 1. The molecule has 0 aliphatic heterocycles. The van der Waals surface area contributed by atoms with Crippen LogP contribution in [0.25, 0.3) is 11.1 Å². The number of hydrogen-bond acceptors (Lipinski definition) is 2. The van der Waals surface area contributed by atoms with Crippen molar-refractivity contribution in [2.75, 3.05) is 0 Å². The van der Waals surface area contributed by atoms with E-state index in [-0.39, 0.29) is 5.78 Å². The average Bonchev–Trinajstić information content (AvgIpc) is 2.77. The number of rotatable bonds is 5. The molecular weight excluding hydrogens is 236 g/mol. The molecule has 2 rings (SSSR count). The Morgan fingerprint density at radius 2 is 1.84 bits per heavy atom. The number of ketones is 1. The fourth-order valence-electron chi connectivity index (χ4n) is 2.48. The van der Waals surface area contributed by atoms with E-state index >= 15 is 0 Å². The highest BCUT2D eigenvalue weighted by Gasteiger charge is 2.21. The lowest BCUT2D eigenvalue weighted by Gasteiger charge is -2.03. The number of furan rings is 1. The van der Waals surface area contributed by atoms with Gasteiger partial charge in [0, 0.05) is 17.5 Å². The van der Waals surface area contributed by atoms with Crippen LogP contribution < -0.4 is 0 Å². The van der Waals surface area contributed by atoms with Crippen molar-refractivity contribution in [1.82, 2.24) is 0 Å². The zero-order chi connectivity index (χ0) is 13.8. The molecule has 0 N–H and O–H groups in total. The van der Waals surface area contributed by atoms with Gasteiger partial charge < -0.3 is 4.42 Å². The van der Waals surface area contributed by atoms with Gasteiger partial charge in [-0.1, -0.05) is 44.2 Å². The van der Waals surface area contributed by atoms with Crippen LogP contribution in [0.3, 0.4) is 0 Å². The molecule has 0 radical (unpaired) electrons. The predicted molar refractivity (Wildman–Crippen MR) is 77.5 cm³/mol. The summed E-state index contributed by atoms with van der Waals surface area (Å²) in [6.07, 6.45) is 2.21. The molecule has 2 nitrogen and oxygen atoms in total. The Kier molecular flexibility index (Phi) is 4.20. The van der Waals surface area contributed by atoms with E-state index in [9.17, 15) is 4.79 Å². The number of hydrogen-bond donors (Lipinski definition) is 0. The van der Waals surface area contributed by atoms with Crippen molar-refractivity contribution in [2.24, 2.45) is 0 Å². The minimum atomic E-state index is 0.115. The molecule has 0 amide bonds. The maximum Gasteiger partial charge on any atom is 0.198 e. The van der Waals surface area contributed by atoms with Crippen molar-refractivity contribution in [1.29, 1.82) is 0 Å². The predicted octanol–water partition coefficient (Wildman–Crippen LogP) is 4.80. The van der Waals surface area contributed by atoms with Crippen molar-refractivity contribution >= 4 is 5.78 Å². The van der Waals surface area contributed by atoms with Gasteiger partial charge in [-0.2, -0.15) is 0 Å². The van der Waals surface area contributed by atoms with Crippen molar-refractivity contribution < 1.29 is 9.21 Å². The Bertz CT molecular complexity index is 564. The largest absolute Gasteiger partial charge is 0.457 e. The third-order valence-corrected chi connectivity index (χ3v) is 3.33. The number of benzene rings is 1. The van der Waals surface area contributed by atoms with E-state index in [1.807, 2.05) is 32.0 Å². The number of carbonyl (C=O) groups is 1. The first-order chi connectivity index (χ1) is 9.19. The van der Waals surface area contributed by atoms with Gasteiger partial charge in [0.1, 0.15) is 5.76 Å². The Morgan fingerprint density at radius 3 is 2.42 bits per heavy atom.